The van der Waals surface area contributed by atoms with Crippen LogP contribution in [-0.4, -0.2) is 49.0 Å². The number of methoxy groups -OCH3 is 1. The fourth-order valence-electron chi connectivity index (χ4n) is 4.38. The molecule has 1 saturated heterocycles. The molecule has 2 fully saturated rings. The molecule has 1 saturated carbocycles. The van der Waals surface area contributed by atoms with E-state index in [1.807, 2.05) is 30.3 Å². The summed E-state index contributed by atoms with van der Waals surface area (Å²) in [4.78, 5) is 51.4. The second kappa shape index (κ2) is 10.2. The van der Waals surface area contributed by atoms with E-state index in [9.17, 15) is 19.2 Å². The summed E-state index contributed by atoms with van der Waals surface area (Å²) in [5.74, 6) is -0.755. The van der Waals surface area contributed by atoms with E-state index in [-0.39, 0.29) is 6.04 Å². The van der Waals surface area contributed by atoms with Crippen molar-refractivity contribution in [2.24, 2.45) is 5.92 Å². The Hall–Kier alpha value is -3.88. The predicted molar refractivity (Wildman–Crippen MR) is 126 cm³/mol. The van der Waals surface area contributed by atoms with Gasteiger partial charge in [0.2, 0.25) is 0 Å². The number of ether oxygens (including phenoxy) is 2. The van der Waals surface area contributed by atoms with Crippen LogP contribution in [0.5, 0.6) is 5.75 Å². The van der Waals surface area contributed by atoms with Crippen molar-refractivity contribution in [3.05, 3.63) is 65.7 Å². The molecule has 2 N–H and O–H groups in total. The van der Waals surface area contributed by atoms with E-state index in [4.69, 9.17) is 9.47 Å². The lowest BCUT2D eigenvalue weighted by Gasteiger charge is -2.25. The standard InChI is InChI=1S/C26H29N3O6/c1-3-26(19-7-5-4-6-8-19)24(32)29(25(33)28-26)15-22(31)35-16-21(30)27-23(17-9-10-17)18-11-13-20(34-2)14-12-18/h4-8,11-14,17,23H,3,9-10,15-16H2,1-2H3,(H,27,30)(H,28,33). The molecule has 2 aliphatic rings. The molecule has 0 radical (unpaired) electrons. The highest BCUT2D eigenvalue weighted by Gasteiger charge is 2.51. The van der Waals surface area contributed by atoms with Crippen molar-refractivity contribution in [3.8, 4) is 5.75 Å². The molecule has 0 aromatic heterocycles. The van der Waals surface area contributed by atoms with E-state index < -0.39 is 42.5 Å². The second-order valence-corrected chi connectivity index (χ2v) is 8.76. The molecule has 9 heteroatoms. The van der Waals surface area contributed by atoms with E-state index in [0.29, 0.717) is 17.9 Å². The van der Waals surface area contributed by atoms with Crippen LogP contribution in [0.2, 0.25) is 0 Å². The van der Waals surface area contributed by atoms with Gasteiger partial charge in [0.1, 0.15) is 17.8 Å². The summed E-state index contributed by atoms with van der Waals surface area (Å²) < 4.78 is 10.3. The Morgan fingerprint density at radius 3 is 2.40 bits per heavy atom. The quantitative estimate of drug-likeness (QED) is 0.400. The third kappa shape index (κ3) is 5.13. The first-order valence-electron chi connectivity index (χ1n) is 11.7. The number of imide groups is 1. The highest BCUT2D eigenvalue weighted by atomic mass is 16.5. The van der Waals surface area contributed by atoms with Crippen molar-refractivity contribution in [2.75, 3.05) is 20.3 Å². The van der Waals surface area contributed by atoms with Crippen molar-refractivity contribution in [1.29, 1.82) is 0 Å². The molecule has 2 unspecified atom stereocenters. The minimum Gasteiger partial charge on any atom is -0.497 e. The number of carbonyl (C=O) groups is 4. The smallest absolute Gasteiger partial charge is 0.326 e. The van der Waals surface area contributed by atoms with Gasteiger partial charge in [0, 0.05) is 0 Å². The molecule has 1 heterocycles. The van der Waals surface area contributed by atoms with E-state index in [0.717, 1.165) is 29.1 Å². The van der Waals surface area contributed by atoms with Gasteiger partial charge in [0.05, 0.1) is 13.2 Å². The zero-order valence-electron chi connectivity index (χ0n) is 19.8. The Balaban J connectivity index is 1.33. The molecule has 1 aliphatic heterocycles. The monoisotopic (exact) mass is 479 g/mol. The van der Waals surface area contributed by atoms with Crippen LogP contribution >= 0.6 is 0 Å². The molecule has 0 spiro atoms. The second-order valence-electron chi connectivity index (χ2n) is 8.76. The molecule has 2 aromatic carbocycles. The maximum absolute atomic E-state index is 13.1. The number of rotatable bonds is 10. The molecule has 0 bridgehead atoms. The minimum absolute atomic E-state index is 0.186. The number of benzene rings is 2. The third-order valence-corrected chi connectivity index (χ3v) is 6.51. The number of esters is 1. The maximum atomic E-state index is 13.1. The van der Waals surface area contributed by atoms with Crippen molar-refractivity contribution in [3.63, 3.8) is 0 Å². The van der Waals surface area contributed by atoms with Crippen LogP contribution in [0.1, 0.15) is 43.4 Å². The first kappa shape index (κ1) is 24.3. The van der Waals surface area contributed by atoms with Gasteiger partial charge in [-0.2, -0.15) is 0 Å². The van der Waals surface area contributed by atoms with Gasteiger partial charge in [0.15, 0.2) is 6.61 Å². The Labute approximate surface area is 203 Å². The van der Waals surface area contributed by atoms with Crippen LogP contribution < -0.4 is 15.4 Å². The minimum atomic E-state index is -1.23. The van der Waals surface area contributed by atoms with Crippen LogP contribution in [0.3, 0.4) is 0 Å². The summed E-state index contributed by atoms with van der Waals surface area (Å²) in [6.07, 6.45) is 2.33. The van der Waals surface area contributed by atoms with Gasteiger partial charge in [0.25, 0.3) is 11.8 Å². The average Bonchev–Trinajstić information content (AvgIpc) is 3.70. The fourth-order valence-corrected chi connectivity index (χ4v) is 4.38. The largest absolute Gasteiger partial charge is 0.497 e. The number of nitrogens with one attached hydrogen (secondary N) is 2. The number of carbonyl (C=O) groups excluding carboxylic acids is 4. The summed E-state index contributed by atoms with van der Waals surface area (Å²) in [7, 11) is 1.59. The van der Waals surface area contributed by atoms with Crippen molar-refractivity contribution < 1.29 is 28.7 Å². The van der Waals surface area contributed by atoms with Crippen LogP contribution in [0, 0.1) is 5.92 Å². The third-order valence-electron chi connectivity index (χ3n) is 6.51. The van der Waals surface area contributed by atoms with E-state index >= 15 is 0 Å². The normalized spacial score (nSPS) is 20.2. The fraction of sp³-hybridized carbons (Fsp3) is 0.385. The molecule has 35 heavy (non-hydrogen) atoms. The Morgan fingerprint density at radius 1 is 1.11 bits per heavy atom. The van der Waals surface area contributed by atoms with Crippen molar-refractivity contribution in [2.45, 2.75) is 37.8 Å². The van der Waals surface area contributed by atoms with Crippen LogP contribution in [0.4, 0.5) is 4.79 Å². The van der Waals surface area contributed by atoms with Gasteiger partial charge in [-0.1, -0.05) is 49.4 Å². The zero-order valence-corrected chi connectivity index (χ0v) is 19.8. The molecule has 1 aliphatic carbocycles. The first-order chi connectivity index (χ1) is 16.9. The number of urea groups is 1. The SMILES string of the molecule is CCC1(c2ccccc2)NC(=O)N(CC(=O)OCC(=O)NC(c2ccc(OC)cc2)C2CC2)C1=O. The summed E-state index contributed by atoms with van der Waals surface area (Å²) in [6, 6.07) is 15.5. The predicted octanol–water partition coefficient (Wildman–Crippen LogP) is 2.66. The highest BCUT2D eigenvalue weighted by molar-refractivity contribution is 6.09. The zero-order chi connectivity index (χ0) is 25.0. The maximum Gasteiger partial charge on any atom is 0.326 e. The van der Waals surface area contributed by atoms with Crippen molar-refractivity contribution in [1.82, 2.24) is 15.5 Å². The molecule has 2 aromatic rings. The van der Waals surface area contributed by atoms with E-state index in [1.54, 1.807) is 38.3 Å². The Kier molecular flexibility index (Phi) is 7.04. The summed E-state index contributed by atoms with van der Waals surface area (Å²) in [6.45, 7) is 0.715. The molecule has 2 atom stereocenters. The van der Waals surface area contributed by atoms with Gasteiger partial charge in [-0.15, -0.1) is 0 Å². The Bertz CT molecular complexity index is 1100. The number of amides is 4. The number of hydrogen-bond acceptors (Lipinski definition) is 6. The average molecular weight is 480 g/mol. The summed E-state index contributed by atoms with van der Waals surface area (Å²) in [5.41, 5.74) is 0.358. The summed E-state index contributed by atoms with van der Waals surface area (Å²) >= 11 is 0. The molecule has 184 valence electrons. The van der Waals surface area contributed by atoms with Gasteiger partial charge < -0.3 is 20.1 Å². The summed E-state index contributed by atoms with van der Waals surface area (Å²) in [5, 5.41) is 5.64. The van der Waals surface area contributed by atoms with Crippen LogP contribution in [0.25, 0.3) is 0 Å². The molecule has 4 rings (SSSR count). The number of hydrogen-bond donors (Lipinski definition) is 2. The molecule has 9 nitrogen and oxygen atoms in total. The van der Waals surface area contributed by atoms with Crippen molar-refractivity contribution >= 4 is 23.8 Å². The van der Waals surface area contributed by atoms with Crippen LogP contribution in [0.15, 0.2) is 54.6 Å². The van der Waals surface area contributed by atoms with Crippen LogP contribution in [-0.2, 0) is 24.7 Å². The highest BCUT2D eigenvalue weighted by Crippen LogP contribution is 2.41. The molecular formula is C26H29N3O6. The molecular weight excluding hydrogens is 450 g/mol. The number of nitrogens with zero attached hydrogens (tertiary/aromatic N) is 1. The van der Waals surface area contributed by atoms with E-state index in [2.05, 4.69) is 10.6 Å². The topological polar surface area (TPSA) is 114 Å². The lowest BCUT2D eigenvalue weighted by molar-refractivity contribution is -0.151. The molecule has 4 amide bonds. The Morgan fingerprint density at radius 2 is 1.80 bits per heavy atom. The van der Waals surface area contributed by atoms with Gasteiger partial charge in [-0.3, -0.25) is 19.3 Å². The van der Waals surface area contributed by atoms with Gasteiger partial charge in [-0.25, -0.2) is 4.79 Å². The van der Waals surface area contributed by atoms with E-state index in [1.165, 1.54) is 0 Å². The van der Waals surface area contributed by atoms with Gasteiger partial charge in [-0.05, 0) is 48.4 Å². The van der Waals surface area contributed by atoms with Gasteiger partial charge >= 0.3 is 12.0 Å². The lowest BCUT2D eigenvalue weighted by atomic mass is 9.87. The lowest BCUT2D eigenvalue weighted by Crippen LogP contribution is -2.44. The first-order valence-corrected chi connectivity index (χ1v) is 11.7.